The van der Waals surface area contributed by atoms with Crippen LogP contribution in [0.25, 0.3) is 0 Å². The fourth-order valence-corrected chi connectivity index (χ4v) is 3.94. The Morgan fingerprint density at radius 1 is 1.08 bits per heavy atom. The van der Waals surface area contributed by atoms with Crippen LogP contribution in [0.4, 0.5) is 10.5 Å². The minimum absolute atomic E-state index is 0.0163. The lowest BCUT2D eigenvalue weighted by atomic mass is 10.1. The number of nitrogens with zero attached hydrogens (tertiary/aromatic N) is 4. The third-order valence-corrected chi connectivity index (χ3v) is 5.37. The predicted octanol–water partition coefficient (Wildman–Crippen LogP) is 1.79. The van der Waals surface area contributed by atoms with Gasteiger partial charge in [-0.25, -0.2) is 4.79 Å². The molecule has 38 heavy (non-hydrogen) atoms. The molecule has 2 heterocycles. The first-order valence-electron chi connectivity index (χ1n) is 12.4. The van der Waals surface area contributed by atoms with Crippen molar-refractivity contribution >= 4 is 29.6 Å². The van der Waals surface area contributed by atoms with Gasteiger partial charge >= 0.3 is 12.1 Å². The summed E-state index contributed by atoms with van der Waals surface area (Å²) in [6.45, 7) is 10.3. The van der Waals surface area contributed by atoms with Crippen LogP contribution >= 0.6 is 0 Å². The number of carbonyl (C=O) groups excluding carboxylic acids is 4. The SMILES string of the molecule is CC(C)(C)OC(=O)CCC(NC(=O)OC(C)(C)C)C(=O)N1c2ccccc2C[C@H]1C(=O)NCc1nn[nH]n1. The number of hydrogen-bond donors (Lipinski definition) is 3. The van der Waals surface area contributed by atoms with E-state index in [2.05, 4.69) is 31.3 Å². The monoisotopic (exact) mass is 529 g/mol. The molecule has 3 N–H and O–H groups in total. The highest BCUT2D eigenvalue weighted by Gasteiger charge is 2.41. The zero-order valence-corrected chi connectivity index (χ0v) is 22.5. The fourth-order valence-electron chi connectivity index (χ4n) is 3.94. The minimum atomic E-state index is -1.16. The molecule has 1 aliphatic rings. The van der Waals surface area contributed by atoms with Gasteiger partial charge in [0, 0.05) is 18.5 Å². The van der Waals surface area contributed by atoms with Crippen molar-refractivity contribution in [1.29, 1.82) is 0 Å². The molecule has 13 heteroatoms. The van der Waals surface area contributed by atoms with Gasteiger partial charge in [0.25, 0.3) is 0 Å². The molecule has 2 atom stereocenters. The van der Waals surface area contributed by atoms with Gasteiger partial charge in [0.15, 0.2) is 5.82 Å². The Hall–Kier alpha value is -4.03. The second-order valence-corrected chi connectivity index (χ2v) is 10.9. The average molecular weight is 530 g/mol. The first-order valence-corrected chi connectivity index (χ1v) is 12.4. The van der Waals surface area contributed by atoms with Crippen molar-refractivity contribution in [3.63, 3.8) is 0 Å². The average Bonchev–Trinajstić information content (AvgIpc) is 3.45. The quantitative estimate of drug-likeness (QED) is 0.432. The zero-order chi connectivity index (χ0) is 28.1. The number of esters is 1. The Bertz CT molecular complexity index is 1150. The van der Waals surface area contributed by atoms with Crippen molar-refractivity contribution in [1.82, 2.24) is 31.3 Å². The molecule has 3 amide bonds. The van der Waals surface area contributed by atoms with Crippen LogP contribution in [-0.2, 0) is 36.8 Å². The standard InChI is InChI=1S/C25H35N7O6/c1-24(2,3)37-20(33)12-11-16(27-23(36)38-25(4,5)6)22(35)32-17-10-8-7-9-15(17)13-18(32)21(34)26-14-19-28-30-31-29-19/h7-10,16,18H,11-14H2,1-6H3,(H,26,34)(H,27,36)(H,28,29,30,31)/t16?,18-/m0/s1. The Morgan fingerprint density at radius 2 is 1.76 bits per heavy atom. The number of nitrogens with one attached hydrogen (secondary N) is 3. The van der Waals surface area contributed by atoms with E-state index in [1.807, 2.05) is 12.1 Å². The van der Waals surface area contributed by atoms with Crippen molar-refractivity contribution in [2.24, 2.45) is 0 Å². The summed E-state index contributed by atoms with van der Waals surface area (Å²) in [5, 5.41) is 18.7. The van der Waals surface area contributed by atoms with E-state index in [-0.39, 0.29) is 31.6 Å². The van der Waals surface area contributed by atoms with Crippen LogP contribution in [-0.4, -0.2) is 67.8 Å². The summed E-state index contributed by atoms with van der Waals surface area (Å²) in [4.78, 5) is 53.5. The van der Waals surface area contributed by atoms with E-state index in [1.165, 1.54) is 4.90 Å². The van der Waals surface area contributed by atoms with Gasteiger partial charge in [0.1, 0.15) is 23.3 Å². The number of aromatic amines is 1. The van der Waals surface area contributed by atoms with Gasteiger partial charge in [0.05, 0.1) is 6.54 Å². The van der Waals surface area contributed by atoms with E-state index >= 15 is 0 Å². The molecule has 0 fully saturated rings. The highest BCUT2D eigenvalue weighted by molar-refractivity contribution is 6.06. The molecule has 0 saturated carbocycles. The molecule has 0 saturated heterocycles. The maximum Gasteiger partial charge on any atom is 0.408 e. The number of carbonyl (C=O) groups is 4. The van der Waals surface area contributed by atoms with Gasteiger partial charge in [-0.1, -0.05) is 23.4 Å². The first-order chi connectivity index (χ1) is 17.7. The molecule has 206 valence electrons. The van der Waals surface area contributed by atoms with Crippen LogP contribution in [0.1, 0.15) is 65.8 Å². The summed E-state index contributed by atoms with van der Waals surface area (Å²) in [5.41, 5.74) is -0.166. The van der Waals surface area contributed by atoms with E-state index < -0.39 is 47.2 Å². The molecular formula is C25H35N7O6. The van der Waals surface area contributed by atoms with Gasteiger partial charge in [-0.2, -0.15) is 5.21 Å². The molecule has 1 aromatic heterocycles. The van der Waals surface area contributed by atoms with Gasteiger partial charge in [-0.05, 0) is 59.6 Å². The van der Waals surface area contributed by atoms with E-state index in [0.29, 0.717) is 5.69 Å². The molecule has 3 rings (SSSR count). The number of benzene rings is 1. The number of fused-ring (bicyclic) bond motifs is 1. The summed E-state index contributed by atoms with van der Waals surface area (Å²) in [5.74, 6) is -1.21. The van der Waals surface area contributed by atoms with Crippen LogP contribution in [0.15, 0.2) is 24.3 Å². The highest BCUT2D eigenvalue weighted by atomic mass is 16.6. The Labute approximate surface area is 221 Å². The topological polar surface area (TPSA) is 168 Å². The fraction of sp³-hybridized carbons (Fsp3) is 0.560. The van der Waals surface area contributed by atoms with Gasteiger partial charge in [-0.3, -0.25) is 19.3 Å². The summed E-state index contributed by atoms with van der Waals surface area (Å²) >= 11 is 0. The van der Waals surface area contributed by atoms with Crippen molar-refractivity contribution in [2.45, 2.75) is 90.6 Å². The molecule has 13 nitrogen and oxygen atoms in total. The lowest BCUT2D eigenvalue weighted by Crippen LogP contribution is -2.55. The number of amides is 3. The number of anilines is 1. The van der Waals surface area contributed by atoms with Crippen LogP contribution in [0.5, 0.6) is 0 Å². The number of alkyl carbamates (subject to hydrolysis) is 1. The molecule has 0 bridgehead atoms. The molecular weight excluding hydrogens is 494 g/mol. The van der Waals surface area contributed by atoms with Crippen molar-refractivity contribution < 1.29 is 28.7 Å². The van der Waals surface area contributed by atoms with Crippen LogP contribution in [0, 0.1) is 0 Å². The number of hydrogen-bond acceptors (Lipinski definition) is 9. The van der Waals surface area contributed by atoms with Crippen LogP contribution < -0.4 is 15.5 Å². The molecule has 0 spiro atoms. The molecule has 1 unspecified atom stereocenters. The lowest BCUT2D eigenvalue weighted by Gasteiger charge is -2.30. The molecule has 0 radical (unpaired) electrons. The van der Waals surface area contributed by atoms with Crippen LogP contribution in [0.3, 0.4) is 0 Å². The molecule has 1 aliphatic heterocycles. The number of tetrazole rings is 1. The number of ether oxygens (including phenoxy) is 2. The largest absolute Gasteiger partial charge is 0.460 e. The Kier molecular flexibility index (Phi) is 8.69. The molecule has 2 aromatic rings. The second kappa shape index (κ2) is 11.6. The Balaban J connectivity index is 1.84. The van der Waals surface area contributed by atoms with Gasteiger partial charge < -0.3 is 20.1 Å². The van der Waals surface area contributed by atoms with E-state index in [1.54, 1.807) is 53.7 Å². The zero-order valence-electron chi connectivity index (χ0n) is 22.5. The normalized spacial score (nSPS) is 15.8. The maximum atomic E-state index is 13.9. The highest BCUT2D eigenvalue weighted by Crippen LogP contribution is 2.33. The van der Waals surface area contributed by atoms with Crippen molar-refractivity contribution in [2.75, 3.05) is 4.90 Å². The first kappa shape index (κ1) is 28.5. The number of aromatic nitrogens is 4. The second-order valence-electron chi connectivity index (χ2n) is 10.9. The minimum Gasteiger partial charge on any atom is -0.460 e. The van der Waals surface area contributed by atoms with Gasteiger partial charge in [0.2, 0.25) is 11.8 Å². The van der Waals surface area contributed by atoms with Gasteiger partial charge in [-0.15, -0.1) is 10.2 Å². The van der Waals surface area contributed by atoms with E-state index in [4.69, 9.17) is 9.47 Å². The summed E-state index contributed by atoms with van der Waals surface area (Å²) in [7, 11) is 0. The Morgan fingerprint density at radius 3 is 2.39 bits per heavy atom. The summed E-state index contributed by atoms with van der Waals surface area (Å²) in [6, 6.07) is 5.10. The van der Waals surface area contributed by atoms with Crippen molar-refractivity contribution in [3.05, 3.63) is 35.7 Å². The van der Waals surface area contributed by atoms with Crippen molar-refractivity contribution in [3.8, 4) is 0 Å². The smallest absolute Gasteiger partial charge is 0.408 e. The molecule has 0 aliphatic carbocycles. The summed E-state index contributed by atoms with van der Waals surface area (Å²) < 4.78 is 10.7. The van der Waals surface area contributed by atoms with E-state index in [0.717, 1.165) is 5.56 Å². The third-order valence-electron chi connectivity index (χ3n) is 5.37. The van der Waals surface area contributed by atoms with Crippen LogP contribution in [0.2, 0.25) is 0 Å². The third kappa shape index (κ3) is 7.98. The predicted molar refractivity (Wildman–Crippen MR) is 136 cm³/mol. The maximum absolute atomic E-state index is 13.9. The number of rotatable bonds is 8. The van der Waals surface area contributed by atoms with E-state index in [9.17, 15) is 19.2 Å². The number of H-pyrrole nitrogens is 1. The number of para-hydroxylation sites is 1. The lowest BCUT2D eigenvalue weighted by molar-refractivity contribution is -0.155. The summed E-state index contributed by atoms with van der Waals surface area (Å²) in [6.07, 6.45) is -0.729. The molecule has 1 aromatic carbocycles.